The molecule has 0 fully saturated rings. The molecule has 0 bridgehead atoms. The van der Waals surface area contributed by atoms with Crippen LogP contribution in [0.1, 0.15) is 17.6 Å². The summed E-state index contributed by atoms with van der Waals surface area (Å²) in [4.78, 5) is 8.34. The summed E-state index contributed by atoms with van der Waals surface area (Å²) < 4.78 is 13.7. The minimum Gasteiger partial charge on any atom is -0.394 e. The molecule has 2 rings (SSSR count). The standard InChI is InChI=1S/C13H14FN3O/c1-8-6-12(9-4-2-3-5-10(9)14)17-13(16-8)11(15)7-18/h2-6,11,18H,7,15H2,1H3. The topological polar surface area (TPSA) is 72.0 Å². The van der Waals surface area contributed by atoms with E-state index >= 15 is 0 Å². The first-order chi connectivity index (χ1) is 8.61. The van der Waals surface area contributed by atoms with Gasteiger partial charge >= 0.3 is 0 Å². The van der Waals surface area contributed by atoms with Gasteiger partial charge in [0.25, 0.3) is 0 Å². The van der Waals surface area contributed by atoms with Crippen LogP contribution in [-0.2, 0) is 0 Å². The fourth-order valence-corrected chi connectivity index (χ4v) is 1.65. The van der Waals surface area contributed by atoms with Crippen molar-refractivity contribution in [1.29, 1.82) is 0 Å². The summed E-state index contributed by atoms with van der Waals surface area (Å²) in [6, 6.07) is 7.40. The monoisotopic (exact) mass is 247 g/mol. The quantitative estimate of drug-likeness (QED) is 0.863. The van der Waals surface area contributed by atoms with Crippen molar-refractivity contribution in [3.8, 4) is 11.3 Å². The molecule has 1 atom stereocenters. The number of aliphatic hydroxyl groups excluding tert-OH is 1. The van der Waals surface area contributed by atoms with Crippen LogP contribution < -0.4 is 5.73 Å². The minimum absolute atomic E-state index is 0.250. The average Bonchev–Trinajstić information content (AvgIpc) is 2.37. The first-order valence-corrected chi connectivity index (χ1v) is 5.58. The lowest BCUT2D eigenvalue weighted by atomic mass is 10.1. The molecular weight excluding hydrogens is 233 g/mol. The molecule has 1 aromatic carbocycles. The fourth-order valence-electron chi connectivity index (χ4n) is 1.65. The molecule has 0 saturated heterocycles. The number of halogens is 1. The summed E-state index contributed by atoms with van der Waals surface area (Å²) in [6.07, 6.45) is 0. The second-order valence-corrected chi connectivity index (χ2v) is 4.02. The van der Waals surface area contributed by atoms with E-state index in [1.54, 1.807) is 31.2 Å². The highest BCUT2D eigenvalue weighted by Crippen LogP contribution is 2.22. The van der Waals surface area contributed by atoms with Crippen molar-refractivity contribution in [3.63, 3.8) is 0 Å². The van der Waals surface area contributed by atoms with E-state index in [1.807, 2.05) is 0 Å². The molecule has 0 aliphatic rings. The Kier molecular flexibility index (Phi) is 3.64. The second-order valence-electron chi connectivity index (χ2n) is 4.02. The number of hydrogen-bond acceptors (Lipinski definition) is 4. The van der Waals surface area contributed by atoms with Gasteiger partial charge in [0.05, 0.1) is 18.3 Å². The Bertz CT molecular complexity index is 560. The van der Waals surface area contributed by atoms with E-state index in [1.165, 1.54) is 6.07 Å². The molecule has 0 radical (unpaired) electrons. The van der Waals surface area contributed by atoms with Gasteiger partial charge in [-0.2, -0.15) is 0 Å². The summed E-state index contributed by atoms with van der Waals surface area (Å²) in [5.41, 5.74) is 7.23. The maximum absolute atomic E-state index is 13.7. The number of nitrogens with zero attached hydrogens (tertiary/aromatic N) is 2. The van der Waals surface area contributed by atoms with Crippen molar-refractivity contribution in [2.75, 3.05) is 6.61 Å². The molecule has 0 saturated carbocycles. The average molecular weight is 247 g/mol. The molecule has 0 amide bonds. The number of hydrogen-bond donors (Lipinski definition) is 2. The summed E-state index contributed by atoms with van der Waals surface area (Å²) >= 11 is 0. The molecule has 1 heterocycles. The predicted molar refractivity (Wildman–Crippen MR) is 66.2 cm³/mol. The molecule has 94 valence electrons. The van der Waals surface area contributed by atoms with Gasteiger partial charge in [0.15, 0.2) is 0 Å². The van der Waals surface area contributed by atoms with Crippen LogP contribution >= 0.6 is 0 Å². The third-order valence-corrected chi connectivity index (χ3v) is 2.55. The summed E-state index contributed by atoms with van der Waals surface area (Å²) in [6.45, 7) is 1.53. The largest absolute Gasteiger partial charge is 0.394 e. The van der Waals surface area contributed by atoms with Crippen molar-refractivity contribution < 1.29 is 9.50 Å². The molecule has 0 aliphatic heterocycles. The number of benzene rings is 1. The molecule has 1 aromatic heterocycles. The van der Waals surface area contributed by atoms with Gasteiger partial charge in [-0.1, -0.05) is 12.1 Å². The lowest BCUT2D eigenvalue weighted by Gasteiger charge is -2.10. The third-order valence-electron chi connectivity index (χ3n) is 2.55. The smallest absolute Gasteiger partial charge is 0.148 e. The van der Waals surface area contributed by atoms with E-state index in [9.17, 15) is 4.39 Å². The zero-order valence-corrected chi connectivity index (χ0v) is 9.97. The number of nitrogens with two attached hydrogens (primary N) is 1. The van der Waals surface area contributed by atoms with E-state index < -0.39 is 6.04 Å². The number of rotatable bonds is 3. The van der Waals surface area contributed by atoms with Crippen LogP contribution in [0.3, 0.4) is 0 Å². The van der Waals surface area contributed by atoms with Crippen LogP contribution in [0.15, 0.2) is 30.3 Å². The van der Waals surface area contributed by atoms with Gasteiger partial charge in [-0.05, 0) is 25.1 Å². The molecule has 3 N–H and O–H groups in total. The van der Waals surface area contributed by atoms with E-state index in [-0.39, 0.29) is 12.4 Å². The summed E-state index contributed by atoms with van der Waals surface area (Å²) in [5, 5.41) is 9.02. The highest BCUT2D eigenvalue weighted by atomic mass is 19.1. The fraction of sp³-hybridized carbons (Fsp3) is 0.231. The number of aryl methyl sites for hydroxylation is 1. The van der Waals surface area contributed by atoms with Crippen LogP contribution in [0.25, 0.3) is 11.3 Å². The van der Waals surface area contributed by atoms with Gasteiger partial charge in [-0.3, -0.25) is 0 Å². The normalized spacial score (nSPS) is 12.4. The molecule has 5 heteroatoms. The van der Waals surface area contributed by atoms with Crippen molar-refractivity contribution >= 4 is 0 Å². The van der Waals surface area contributed by atoms with Crippen LogP contribution in [0.2, 0.25) is 0 Å². The Morgan fingerprint density at radius 3 is 2.72 bits per heavy atom. The van der Waals surface area contributed by atoms with Crippen molar-refractivity contribution in [2.24, 2.45) is 5.73 Å². The first kappa shape index (κ1) is 12.6. The van der Waals surface area contributed by atoms with E-state index in [2.05, 4.69) is 9.97 Å². The van der Waals surface area contributed by atoms with E-state index in [0.717, 1.165) is 0 Å². The first-order valence-electron chi connectivity index (χ1n) is 5.58. The molecular formula is C13H14FN3O. The third kappa shape index (κ3) is 2.52. The molecule has 1 unspecified atom stereocenters. The second kappa shape index (κ2) is 5.20. The van der Waals surface area contributed by atoms with E-state index in [4.69, 9.17) is 10.8 Å². The Hall–Kier alpha value is -1.85. The van der Waals surface area contributed by atoms with Crippen LogP contribution in [0.5, 0.6) is 0 Å². The Labute approximate surface area is 104 Å². The molecule has 18 heavy (non-hydrogen) atoms. The van der Waals surface area contributed by atoms with Gasteiger partial charge in [-0.15, -0.1) is 0 Å². The van der Waals surface area contributed by atoms with Crippen LogP contribution in [0, 0.1) is 12.7 Å². The Balaban J connectivity index is 2.52. The lowest BCUT2D eigenvalue weighted by Crippen LogP contribution is -2.18. The molecule has 0 aliphatic carbocycles. The SMILES string of the molecule is Cc1cc(-c2ccccc2F)nc(C(N)CO)n1. The van der Waals surface area contributed by atoms with Crippen LogP contribution in [0.4, 0.5) is 4.39 Å². The van der Waals surface area contributed by atoms with Crippen LogP contribution in [-0.4, -0.2) is 21.7 Å². The van der Waals surface area contributed by atoms with Gasteiger partial charge in [0.1, 0.15) is 11.6 Å². The van der Waals surface area contributed by atoms with Crippen molar-refractivity contribution in [2.45, 2.75) is 13.0 Å². The number of aromatic nitrogens is 2. The molecule has 0 spiro atoms. The minimum atomic E-state index is -0.657. The maximum atomic E-state index is 13.7. The van der Waals surface area contributed by atoms with Crippen molar-refractivity contribution in [3.05, 3.63) is 47.7 Å². The maximum Gasteiger partial charge on any atom is 0.148 e. The van der Waals surface area contributed by atoms with E-state index in [0.29, 0.717) is 22.8 Å². The zero-order chi connectivity index (χ0) is 13.1. The predicted octanol–water partition coefficient (Wildman–Crippen LogP) is 1.58. The van der Waals surface area contributed by atoms with Gasteiger partial charge in [0.2, 0.25) is 0 Å². The Morgan fingerprint density at radius 1 is 1.33 bits per heavy atom. The molecule has 2 aromatic rings. The summed E-state index contributed by atoms with van der Waals surface area (Å²) in [5.74, 6) is -0.0325. The van der Waals surface area contributed by atoms with Gasteiger partial charge in [-0.25, -0.2) is 14.4 Å². The zero-order valence-electron chi connectivity index (χ0n) is 9.97. The molecule has 4 nitrogen and oxygen atoms in total. The Morgan fingerprint density at radius 2 is 2.06 bits per heavy atom. The van der Waals surface area contributed by atoms with Crippen molar-refractivity contribution in [1.82, 2.24) is 9.97 Å². The highest BCUT2D eigenvalue weighted by molar-refractivity contribution is 5.60. The van der Waals surface area contributed by atoms with Gasteiger partial charge < -0.3 is 10.8 Å². The highest BCUT2D eigenvalue weighted by Gasteiger charge is 2.12. The van der Waals surface area contributed by atoms with Gasteiger partial charge in [0, 0.05) is 11.3 Å². The number of aliphatic hydroxyl groups is 1. The summed E-state index contributed by atoms with van der Waals surface area (Å²) in [7, 11) is 0. The lowest BCUT2D eigenvalue weighted by molar-refractivity contribution is 0.263.